The van der Waals surface area contributed by atoms with Gasteiger partial charge in [0.1, 0.15) is 17.9 Å². The quantitative estimate of drug-likeness (QED) is 0.768. The number of quaternary nitrogens is 1. The van der Waals surface area contributed by atoms with Crippen LogP contribution in [0.25, 0.3) is 5.69 Å². The molecule has 23 heavy (non-hydrogen) atoms. The maximum atomic E-state index is 12.4. The van der Waals surface area contributed by atoms with E-state index in [4.69, 9.17) is 0 Å². The van der Waals surface area contributed by atoms with Gasteiger partial charge in [0.25, 0.3) is 5.56 Å². The van der Waals surface area contributed by atoms with E-state index < -0.39 is 5.69 Å². The lowest BCUT2D eigenvalue weighted by Crippen LogP contribution is -3.16. The molecule has 0 fully saturated rings. The van der Waals surface area contributed by atoms with Gasteiger partial charge in [0.05, 0.1) is 11.7 Å². The molecule has 1 aromatic heterocycles. The Morgan fingerprint density at radius 1 is 1.30 bits per heavy atom. The number of anilines is 1. The fourth-order valence-electron chi connectivity index (χ4n) is 3.09. The number of nitrogens with one attached hydrogen (secondary N) is 3. The highest BCUT2D eigenvalue weighted by molar-refractivity contribution is 5.53. The summed E-state index contributed by atoms with van der Waals surface area (Å²) in [7, 11) is 0. The second-order valence-electron chi connectivity index (χ2n) is 6.21. The summed E-state index contributed by atoms with van der Waals surface area (Å²) in [4.78, 5) is 28.5. The van der Waals surface area contributed by atoms with Crippen LogP contribution in [0, 0.1) is 6.92 Å². The Morgan fingerprint density at radius 2 is 2.04 bits per heavy atom. The molecule has 0 saturated heterocycles. The molecule has 1 unspecified atom stereocenters. The third-order valence-corrected chi connectivity index (χ3v) is 4.76. The maximum absolute atomic E-state index is 12.4. The zero-order chi connectivity index (χ0) is 16.6. The van der Waals surface area contributed by atoms with Crippen molar-refractivity contribution >= 4 is 5.82 Å². The van der Waals surface area contributed by atoms with E-state index in [1.54, 1.807) is 4.57 Å². The number of hydrogen-bond donors (Lipinski definition) is 3. The molecule has 0 spiro atoms. The Kier molecular flexibility index (Phi) is 4.09. The first-order valence-electron chi connectivity index (χ1n) is 8.05. The number of aryl methyl sites for hydroxylation is 1. The van der Waals surface area contributed by atoms with Crippen LogP contribution < -0.4 is 21.5 Å². The van der Waals surface area contributed by atoms with Crippen LogP contribution in [-0.4, -0.2) is 22.3 Å². The van der Waals surface area contributed by atoms with Crippen LogP contribution in [-0.2, 0) is 6.54 Å². The zero-order valence-electron chi connectivity index (χ0n) is 13.8. The SMILES string of the molecule is CC[C@H](C)[NH+]1CNc2c(c(=O)[nH]c(=O)n2-c2ccccc2C)C1. The highest BCUT2D eigenvalue weighted by atomic mass is 16.2. The molecule has 3 rings (SSSR count). The fraction of sp³-hybridized carbons (Fsp3) is 0.412. The van der Waals surface area contributed by atoms with Gasteiger partial charge in [-0.15, -0.1) is 0 Å². The van der Waals surface area contributed by atoms with Gasteiger partial charge in [0, 0.05) is 0 Å². The molecule has 0 amide bonds. The van der Waals surface area contributed by atoms with Crippen molar-refractivity contribution in [3.05, 3.63) is 56.2 Å². The Balaban J connectivity index is 2.17. The molecule has 0 radical (unpaired) electrons. The lowest BCUT2D eigenvalue weighted by molar-refractivity contribution is -0.935. The van der Waals surface area contributed by atoms with Gasteiger partial charge in [-0.2, -0.15) is 0 Å². The minimum atomic E-state index is -0.400. The number of fused-ring (bicyclic) bond motifs is 1. The summed E-state index contributed by atoms with van der Waals surface area (Å²) in [6, 6.07) is 8.13. The zero-order valence-corrected chi connectivity index (χ0v) is 13.8. The topological polar surface area (TPSA) is 71.3 Å². The fourth-order valence-corrected chi connectivity index (χ4v) is 3.09. The Hall–Kier alpha value is -2.34. The third-order valence-electron chi connectivity index (χ3n) is 4.76. The van der Waals surface area contributed by atoms with Crippen molar-refractivity contribution < 1.29 is 4.90 Å². The molecular formula is C17H23N4O2+. The summed E-state index contributed by atoms with van der Waals surface area (Å²) in [5.41, 5.74) is 1.74. The van der Waals surface area contributed by atoms with Gasteiger partial charge in [0.15, 0.2) is 6.67 Å². The smallest absolute Gasteiger partial charge is 0.324 e. The van der Waals surface area contributed by atoms with Gasteiger partial charge >= 0.3 is 5.69 Å². The van der Waals surface area contributed by atoms with Crippen molar-refractivity contribution in [1.82, 2.24) is 9.55 Å². The maximum Gasteiger partial charge on any atom is 0.334 e. The molecule has 1 aliphatic heterocycles. The van der Waals surface area contributed by atoms with Crippen molar-refractivity contribution in [3.63, 3.8) is 0 Å². The van der Waals surface area contributed by atoms with Crippen LogP contribution in [0.5, 0.6) is 0 Å². The molecule has 122 valence electrons. The van der Waals surface area contributed by atoms with Crippen molar-refractivity contribution in [3.8, 4) is 5.69 Å². The number of H-pyrrole nitrogens is 1. The standard InChI is InChI=1S/C17H22N4O2/c1-4-12(3)20-9-13-15(18-10-20)21(17(23)19-16(13)22)14-8-6-5-7-11(14)2/h5-8,12,18H,4,9-10H2,1-3H3,(H,19,22,23)/p+1/t12-/m0/s1. The van der Waals surface area contributed by atoms with Crippen molar-refractivity contribution in [2.24, 2.45) is 0 Å². The summed E-state index contributed by atoms with van der Waals surface area (Å²) in [6.45, 7) is 7.60. The van der Waals surface area contributed by atoms with Gasteiger partial charge in [-0.1, -0.05) is 25.1 Å². The first kappa shape index (κ1) is 15.6. The van der Waals surface area contributed by atoms with Crippen molar-refractivity contribution in [2.75, 3.05) is 12.0 Å². The molecule has 6 heteroatoms. The molecular weight excluding hydrogens is 292 g/mol. The molecule has 2 atom stereocenters. The van der Waals surface area contributed by atoms with Crippen LogP contribution >= 0.6 is 0 Å². The first-order valence-corrected chi connectivity index (χ1v) is 8.05. The highest BCUT2D eigenvalue weighted by Gasteiger charge is 2.28. The van der Waals surface area contributed by atoms with Gasteiger partial charge in [-0.3, -0.25) is 9.78 Å². The number of para-hydroxylation sites is 1. The van der Waals surface area contributed by atoms with Crippen LogP contribution in [0.4, 0.5) is 5.82 Å². The molecule has 6 nitrogen and oxygen atoms in total. The van der Waals surface area contributed by atoms with Gasteiger partial charge < -0.3 is 10.2 Å². The molecule has 0 aliphatic carbocycles. The van der Waals surface area contributed by atoms with Gasteiger partial charge in [-0.25, -0.2) is 9.36 Å². The Morgan fingerprint density at radius 3 is 2.74 bits per heavy atom. The average Bonchev–Trinajstić information content (AvgIpc) is 2.55. The van der Waals surface area contributed by atoms with E-state index in [0.717, 1.165) is 17.7 Å². The minimum Gasteiger partial charge on any atom is -0.324 e. The highest BCUT2D eigenvalue weighted by Crippen LogP contribution is 2.19. The van der Waals surface area contributed by atoms with Crippen LogP contribution in [0.2, 0.25) is 0 Å². The Labute approximate surface area is 134 Å². The second-order valence-corrected chi connectivity index (χ2v) is 6.21. The molecule has 1 aromatic carbocycles. The predicted molar refractivity (Wildman–Crippen MR) is 90.3 cm³/mol. The number of nitrogens with zero attached hydrogens (tertiary/aromatic N) is 1. The number of aromatic nitrogens is 2. The number of hydrogen-bond acceptors (Lipinski definition) is 3. The van der Waals surface area contributed by atoms with E-state index in [9.17, 15) is 9.59 Å². The summed E-state index contributed by atoms with van der Waals surface area (Å²) in [5.74, 6) is 0.625. The molecule has 2 aromatic rings. The largest absolute Gasteiger partial charge is 0.334 e. The third kappa shape index (κ3) is 2.70. The van der Waals surface area contributed by atoms with E-state index in [1.165, 1.54) is 4.90 Å². The molecule has 2 heterocycles. The normalized spacial score (nSPS) is 18.1. The predicted octanol–water partition coefficient (Wildman–Crippen LogP) is 0.401. The molecule has 3 N–H and O–H groups in total. The van der Waals surface area contributed by atoms with E-state index in [1.807, 2.05) is 31.2 Å². The molecule has 0 saturated carbocycles. The minimum absolute atomic E-state index is 0.289. The van der Waals surface area contributed by atoms with Crippen molar-refractivity contribution in [2.45, 2.75) is 39.8 Å². The summed E-state index contributed by atoms with van der Waals surface area (Å²) < 4.78 is 1.58. The van der Waals surface area contributed by atoms with Gasteiger partial charge in [-0.05, 0) is 31.9 Å². The van der Waals surface area contributed by atoms with E-state index in [-0.39, 0.29) is 5.56 Å². The Bertz CT molecular complexity index is 837. The summed E-state index contributed by atoms with van der Waals surface area (Å²) in [5, 5.41) is 3.31. The summed E-state index contributed by atoms with van der Waals surface area (Å²) >= 11 is 0. The number of aromatic amines is 1. The lowest BCUT2D eigenvalue weighted by atomic mass is 10.1. The summed E-state index contributed by atoms with van der Waals surface area (Å²) in [6.07, 6.45) is 1.04. The van der Waals surface area contributed by atoms with E-state index >= 15 is 0 Å². The monoisotopic (exact) mass is 315 g/mol. The average molecular weight is 315 g/mol. The van der Waals surface area contributed by atoms with Crippen molar-refractivity contribution in [1.29, 1.82) is 0 Å². The molecule has 1 aliphatic rings. The van der Waals surface area contributed by atoms with Crippen LogP contribution in [0.3, 0.4) is 0 Å². The van der Waals surface area contributed by atoms with Gasteiger partial charge in [0.2, 0.25) is 0 Å². The first-order chi connectivity index (χ1) is 11.0. The number of rotatable bonds is 3. The van der Waals surface area contributed by atoms with Crippen LogP contribution in [0.1, 0.15) is 31.4 Å². The number of benzene rings is 1. The lowest BCUT2D eigenvalue weighted by Gasteiger charge is -2.31. The van der Waals surface area contributed by atoms with E-state index in [2.05, 4.69) is 24.1 Å². The van der Waals surface area contributed by atoms with E-state index in [0.29, 0.717) is 30.6 Å². The van der Waals surface area contributed by atoms with Crippen LogP contribution in [0.15, 0.2) is 33.9 Å². The second kappa shape index (κ2) is 6.04. The molecule has 0 bridgehead atoms.